The molecule has 2 rings (SSSR count). The van der Waals surface area contributed by atoms with E-state index in [2.05, 4.69) is 5.32 Å². The van der Waals surface area contributed by atoms with Crippen LogP contribution >= 0.6 is 0 Å². The predicted octanol–water partition coefficient (Wildman–Crippen LogP) is 3.69. The Balaban J connectivity index is 2.28. The Hall–Kier alpha value is -3.55. The zero-order valence-electron chi connectivity index (χ0n) is 17.6. The van der Waals surface area contributed by atoms with Crippen LogP contribution in [0.5, 0.6) is 17.2 Å². The van der Waals surface area contributed by atoms with Crippen molar-refractivity contribution < 1.29 is 29.3 Å². The number of aromatic hydroxyl groups is 1. The van der Waals surface area contributed by atoms with Gasteiger partial charge in [0.25, 0.3) is 5.91 Å². The molecule has 0 aromatic heterocycles. The van der Waals surface area contributed by atoms with Crippen molar-refractivity contribution in [2.75, 3.05) is 12.4 Å². The highest BCUT2D eigenvalue weighted by Crippen LogP contribution is 2.33. The Morgan fingerprint density at radius 3 is 2.23 bits per heavy atom. The third-order valence-corrected chi connectivity index (χ3v) is 4.57. The lowest BCUT2D eigenvalue weighted by molar-refractivity contribution is -0.139. The second-order valence-corrected chi connectivity index (χ2v) is 7.35. The Morgan fingerprint density at radius 1 is 1.10 bits per heavy atom. The van der Waals surface area contributed by atoms with Crippen molar-refractivity contribution in [1.82, 2.24) is 4.90 Å². The number of hydrogen-bond donors (Lipinski definition) is 3. The van der Waals surface area contributed by atoms with Crippen molar-refractivity contribution in [2.45, 2.75) is 40.2 Å². The zero-order valence-corrected chi connectivity index (χ0v) is 17.6. The summed E-state index contributed by atoms with van der Waals surface area (Å²) >= 11 is 0. The average molecular weight is 414 g/mol. The normalized spacial score (nSPS) is 10.6. The monoisotopic (exact) mass is 414 g/mol. The van der Waals surface area contributed by atoms with Gasteiger partial charge in [-0.25, -0.2) is 0 Å². The van der Waals surface area contributed by atoms with Gasteiger partial charge in [-0.2, -0.15) is 0 Å². The Bertz CT molecular complexity index is 961. The summed E-state index contributed by atoms with van der Waals surface area (Å²) in [6.07, 6.45) is -0.620. The lowest BCUT2D eigenvalue weighted by atomic mass is 10.1. The number of aryl methyl sites for hydroxylation is 2. The fourth-order valence-corrected chi connectivity index (χ4v) is 2.82. The van der Waals surface area contributed by atoms with Crippen LogP contribution in [0.4, 0.5) is 5.69 Å². The smallest absolute Gasteiger partial charge is 0.312 e. The fraction of sp³-hybridized carbons (Fsp3) is 0.318. The molecule has 0 aliphatic heterocycles. The number of ether oxygens (including phenoxy) is 1. The van der Waals surface area contributed by atoms with E-state index in [1.807, 2.05) is 13.8 Å². The van der Waals surface area contributed by atoms with Gasteiger partial charge in [-0.15, -0.1) is 0 Å². The molecule has 0 unspecified atom stereocenters. The highest BCUT2D eigenvalue weighted by molar-refractivity contribution is 6.01. The van der Waals surface area contributed by atoms with Crippen LogP contribution in [0.15, 0.2) is 30.3 Å². The Labute approximate surface area is 175 Å². The molecular formula is C22H26N2O6. The van der Waals surface area contributed by atoms with Crippen LogP contribution in [0.1, 0.15) is 41.8 Å². The molecule has 160 valence electrons. The first-order valence-corrected chi connectivity index (χ1v) is 9.40. The SMILES string of the molecule is Cc1cc(NC(=O)CC(=O)O)cc(C)c1Oc1ccc(O)c(C(=O)N(C)C(C)C)c1. The number of phenols is 1. The molecule has 0 saturated carbocycles. The highest BCUT2D eigenvalue weighted by atomic mass is 16.5. The third-order valence-electron chi connectivity index (χ3n) is 4.57. The molecule has 8 nitrogen and oxygen atoms in total. The van der Waals surface area contributed by atoms with Crippen LogP contribution in [-0.2, 0) is 9.59 Å². The Kier molecular flexibility index (Phi) is 7.05. The van der Waals surface area contributed by atoms with Gasteiger partial charge in [0.15, 0.2) is 0 Å². The van der Waals surface area contributed by atoms with Crippen LogP contribution < -0.4 is 10.1 Å². The van der Waals surface area contributed by atoms with Crippen LogP contribution in [0.25, 0.3) is 0 Å². The number of carboxylic acid groups (broad SMARTS) is 1. The number of hydrogen-bond acceptors (Lipinski definition) is 5. The molecule has 2 amide bonds. The topological polar surface area (TPSA) is 116 Å². The second kappa shape index (κ2) is 9.30. The quantitative estimate of drug-likeness (QED) is 0.595. The molecule has 8 heteroatoms. The van der Waals surface area contributed by atoms with E-state index in [0.29, 0.717) is 28.3 Å². The first kappa shape index (κ1) is 22.7. The van der Waals surface area contributed by atoms with E-state index >= 15 is 0 Å². The van der Waals surface area contributed by atoms with Gasteiger partial charge in [0, 0.05) is 18.8 Å². The number of carboxylic acids is 1. The summed E-state index contributed by atoms with van der Waals surface area (Å²) in [4.78, 5) is 36.4. The van der Waals surface area contributed by atoms with Gasteiger partial charge in [-0.1, -0.05) is 0 Å². The molecule has 30 heavy (non-hydrogen) atoms. The second-order valence-electron chi connectivity index (χ2n) is 7.35. The van der Waals surface area contributed by atoms with Crippen molar-refractivity contribution >= 4 is 23.5 Å². The standard InChI is InChI=1S/C22H26N2O6/c1-12(2)24(5)22(29)17-10-16(6-7-18(17)25)30-21-13(3)8-15(9-14(21)4)23-19(26)11-20(27)28/h6-10,12,25H,11H2,1-5H3,(H,23,26)(H,27,28). The van der Waals surface area contributed by atoms with Gasteiger partial charge in [-0.05, 0) is 69.2 Å². The lowest BCUT2D eigenvalue weighted by Crippen LogP contribution is -2.33. The van der Waals surface area contributed by atoms with Gasteiger partial charge < -0.3 is 25.2 Å². The summed E-state index contributed by atoms with van der Waals surface area (Å²) in [6, 6.07) is 7.75. The number of phenolic OH excluding ortho intramolecular Hbond substituents is 1. The summed E-state index contributed by atoms with van der Waals surface area (Å²) in [5, 5.41) is 21.4. The van der Waals surface area contributed by atoms with Crippen molar-refractivity contribution in [3.05, 3.63) is 47.0 Å². The van der Waals surface area contributed by atoms with Gasteiger partial charge in [0.05, 0.1) is 5.56 Å². The molecule has 0 bridgehead atoms. The minimum atomic E-state index is -1.21. The van der Waals surface area contributed by atoms with E-state index < -0.39 is 18.3 Å². The number of amides is 2. The van der Waals surface area contributed by atoms with E-state index in [1.165, 1.54) is 17.0 Å². The van der Waals surface area contributed by atoms with Crippen molar-refractivity contribution in [1.29, 1.82) is 0 Å². The fourth-order valence-electron chi connectivity index (χ4n) is 2.82. The minimum absolute atomic E-state index is 0.0326. The van der Waals surface area contributed by atoms with Gasteiger partial charge in [0.2, 0.25) is 5.91 Å². The first-order chi connectivity index (χ1) is 14.0. The molecule has 2 aromatic rings. The molecule has 0 aliphatic carbocycles. The first-order valence-electron chi connectivity index (χ1n) is 9.40. The van der Waals surface area contributed by atoms with E-state index in [-0.39, 0.29) is 23.3 Å². The van der Waals surface area contributed by atoms with E-state index in [0.717, 1.165) is 0 Å². The number of benzene rings is 2. The van der Waals surface area contributed by atoms with Gasteiger partial charge >= 0.3 is 5.97 Å². The minimum Gasteiger partial charge on any atom is -0.507 e. The molecule has 0 radical (unpaired) electrons. The maximum atomic E-state index is 12.6. The number of carbonyl (C=O) groups excluding carboxylic acids is 2. The van der Waals surface area contributed by atoms with E-state index in [1.54, 1.807) is 39.1 Å². The number of rotatable bonds is 7. The molecule has 0 saturated heterocycles. The van der Waals surface area contributed by atoms with Crippen LogP contribution in [-0.4, -0.2) is 46.0 Å². The molecule has 0 spiro atoms. The molecule has 0 atom stereocenters. The van der Waals surface area contributed by atoms with E-state index in [4.69, 9.17) is 9.84 Å². The van der Waals surface area contributed by atoms with Crippen molar-refractivity contribution in [2.24, 2.45) is 0 Å². The summed E-state index contributed by atoms with van der Waals surface area (Å²) in [6.45, 7) is 7.32. The summed E-state index contributed by atoms with van der Waals surface area (Å²) in [7, 11) is 1.66. The average Bonchev–Trinajstić information content (AvgIpc) is 2.63. The van der Waals surface area contributed by atoms with Gasteiger partial charge in [0.1, 0.15) is 23.7 Å². The largest absolute Gasteiger partial charge is 0.507 e. The van der Waals surface area contributed by atoms with E-state index in [9.17, 15) is 19.5 Å². The lowest BCUT2D eigenvalue weighted by Gasteiger charge is -2.22. The molecular weight excluding hydrogens is 388 g/mol. The van der Waals surface area contributed by atoms with Crippen LogP contribution in [0, 0.1) is 13.8 Å². The number of carbonyl (C=O) groups is 3. The summed E-state index contributed by atoms with van der Waals surface area (Å²) < 4.78 is 5.96. The number of nitrogens with one attached hydrogen (secondary N) is 1. The third kappa shape index (κ3) is 5.50. The molecule has 3 N–H and O–H groups in total. The number of nitrogens with zero attached hydrogens (tertiary/aromatic N) is 1. The summed E-state index contributed by atoms with van der Waals surface area (Å²) in [5.41, 5.74) is 2.02. The van der Waals surface area contributed by atoms with Gasteiger partial charge in [-0.3, -0.25) is 14.4 Å². The van der Waals surface area contributed by atoms with Crippen LogP contribution in [0.2, 0.25) is 0 Å². The predicted molar refractivity (Wildman–Crippen MR) is 112 cm³/mol. The maximum absolute atomic E-state index is 12.6. The molecule has 0 aliphatic rings. The van der Waals surface area contributed by atoms with Crippen molar-refractivity contribution in [3.63, 3.8) is 0 Å². The summed E-state index contributed by atoms with van der Waals surface area (Å²) in [5.74, 6) is -1.37. The number of anilines is 1. The number of aliphatic carboxylic acids is 1. The maximum Gasteiger partial charge on any atom is 0.312 e. The molecule has 0 heterocycles. The molecule has 0 fully saturated rings. The highest BCUT2D eigenvalue weighted by Gasteiger charge is 2.19. The molecule has 2 aromatic carbocycles. The van der Waals surface area contributed by atoms with Crippen molar-refractivity contribution in [3.8, 4) is 17.2 Å². The Morgan fingerprint density at radius 2 is 1.70 bits per heavy atom. The van der Waals surface area contributed by atoms with Crippen LogP contribution in [0.3, 0.4) is 0 Å². The zero-order chi connectivity index (χ0) is 22.6.